The fraction of sp³-hybridized carbons (Fsp3) is 0.483. The van der Waals surface area contributed by atoms with Crippen molar-refractivity contribution in [2.24, 2.45) is 5.41 Å². The third-order valence-corrected chi connectivity index (χ3v) is 7.87. The highest BCUT2D eigenvalue weighted by molar-refractivity contribution is 6.35. The van der Waals surface area contributed by atoms with Crippen molar-refractivity contribution in [1.29, 1.82) is 0 Å². The lowest BCUT2D eigenvalue weighted by Crippen LogP contribution is -2.59. The van der Waals surface area contributed by atoms with Gasteiger partial charge in [-0.2, -0.15) is 0 Å². The first-order chi connectivity index (χ1) is 17.3. The zero-order valence-corrected chi connectivity index (χ0v) is 21.3. The summed E-state index contributed by atoms with van der Waals surface area (Å²) in [4.78, 5) is 43.9. The fourth-order valence-electron chi connectivity index (χ4n) is 5.67. The summed E-state index contributed by atoms with van der Waals surface area (Å²) in [5, 5.41) is 11.0. The van der Waals surface area contributed by atoms with Crippen molar-refractivity contribution >= 4 is 17.6 Å². The standard InChI is InChI=1S/C29H37N3O4/c1-3-24(33)27(35)31-18-15-29(16-19-31)21-32(17-14-25(29)34)28(36)26(23-12-8-5-9-13-23)30(2)20-22-10-6-4-7-11-22/h4-13,25-26,34H,3,14-21H2,1-2H3. The summed E-state index contributed by atoms with van der Waals surface area (Å²) in [6.07, 6.45) is 1.34. The minimum Gasteiger partial charge on any atom is -0.392 e. The van der Waals surface area contributed by atoms with Gasteiger partial charge in [0.05, 0.1) is 6.10 Å². The molecule has 2 amide bonds. The number of piperidine rings is 2. The van der Waals surface area contributed by atoms with Gasteiger partial charge >= 0.3 is 0 Å². The molecule has 2 unspecified atom stereocenters. The minimum absolute atomic E-state index is 0.0329. The number of Topliss-reactive ketones (excluding diaryl/α,β-unsaturated/α-hetero) is 1. The van der Waals surface area contributed by atoms with E-state index in [9.17, 15) is 19.5 Å². The topological polar surface area (TPSA) is 81.2 Å². The number of hydrogen-bond acceptors (Lipinski definition) is 5. The molecule has 2 aliphatic rings. The van der Waals surface area contributed by atoms with Crippen molar-refractivity contribution in [3.8, 4) is 0 Å². The molecule has 2 aromatic rings. The van der Waals surface area contributed by atoms with Gasteiger partial charge in [0.25, 0.3) is 5.91 Å². The van der Waals surface area contributed by atoms with Crippen LogP contribution in [-0.4, -0.2) is 76.7 Å². The van der Waals surface area contributed by atoms with Crippen molar-refractivity contribution in [1.82, 2.24) is 14.7 Å². The molecule has 7 nitrogen and oxygen atoms in total. The molecule has 192 valence electrons. The lowest BCUT2D eigenvalue weighted by atomic mass is 9.70. The van der Waals surface area contributed by atoms with Crippen LogP contribution in [0.5, 0.6) is 0 Å². The smallest absolute Gasteiger partial charge is 0.289 e. The molecule has 1 spiro atoms. The predicted molar refractivity (Wildman–Crippen MR) is 138 cm³/mol. The Bertz CT molecular complexity index is 1050. The van der Waals surface area contributed by atoms with E-state index < -0.39 is 23.5 Å². The second-order valence-electron chi connectivity index (χ2n) is 10.2. The number of ketones is 1. The number of benzene rings is 2. The quantitative estimate of drug-likeness (QED) is 0.602. The van der Waals surface area contributed by atoms with E-state index in [1.165, 1.54) is 0 Å². The molecule has 0 saturated carbocycles. The predicted octanol–water partition coefficient (Wildman–Crippen LogP) is 3.04. The Balaban J connectivity index is 1.52. The average Bonchev–Trinajstić information content (AvgIpc) is 2.91. The number of likely N-dealkylation sites (N-methyl/N-ethyl adjacent to an activating group) is 1. The highest BCUT2D eigenvalue weighted by atomic mass is 16.3. The van der Waals surface area contributed by atoms with Gasteiger partial charge in [-0.05, 0) is 37.4 Å². The summed E-state index contributed by atoms with van der Waals surface area (Å²) < 4.78 is 0. The largest absolute Gasteiger partial charge is 0.392 e. The number of aliphatic hydroxyl groups is 1. The number of carbonyl (C=O) groups is 3. The summed E-state index contributed by atoms with van der Waals surface area (Å²) in [5.74, 6) is -0.776. The number of nitrogens with zero attached hydrogens (tertiary/aromatic N) is 3. The van der Waals surface area contributed by atoms with Gasteiger partial charge in [0.15, 0.2) is 0 Å². The third kappa shape index (κ3) is 5.52. The van der Waals surface area contributed by atoms with Crippen LogP contribution >= 0.6 is 0 Å². The average molecular weight is 492 g/mol. The van der Waals surface area contributed by atoms with E-state index in [1.807, 2.05) is 60.5 Å². The second-order valence-corrected chi connectivity index (χ2v) is 10.2. The number of likely N-dealkylation sites (tertiary alicyclic amines) is 2. The summed E-state index contributed by atoms with van der Waals surface area (Å²) in [5.41, 5.74) is 1.62. The Morgan fingerprint density at radius 3 is 2.19 bits per heavy atom. The van der Waals surface area contributed by atoms with E-state index in [-0.39, 0.29) is 18.1 Å². The van der Waals surface area contributed by atoms with Gasteiger partial charge in [0.1, 0.15) is 6.04 Å². The van der Waals surface area contributed by atoms with Crippen LogP contribution in [0.2, 0.25) is 0 Å². The molecule has 7 heteroatoms. The molecule has 1 N–H and O–H groups in total. The Hall–Kier alpha value is -3.03. The summed E-state index contributed by atoms with van der Waals surface area (Å²) in [7, 11) is 1.98. The number of amides is 2. The van der Waals surface area contributed by atoms with Crippen LogP contribution in [0.1, 0.15) is 49.8 Å². The number of hydrogen-bond donors (Lipinski definition) is 1. The summed E-state index contributed by atoms with van der Waals surface area (Å²) in [6.45, 7) is 4.15. The molecular weight excluding hydrogens is 454 g/mol. The van der Waals surface area contributed by atoms with E-state index in [1.54, 1.807) is 11.8 Å². The second kappa shape index (κ2) is 11.4. The molecule has 4 rings (SSSR count). The van der Waals surface area contributed by atoms with Crippen LogP contribution in [0.15, 0.2) is 60.7 Å². The first kappa shape index (κ1) is 26.0. The Morgan fingerprint density at radius 2 is 1.58 bits per heavy atom. The first-order valence-corrected chi connectivity index (χ1v) is 12.9. The maximum absolute atomic E-state index is 14.1. The third-order valence-electron chi connectivity index (χ3n) is 7.87. The molecular formula is C29H37N3O4. The van der Waals surface area contributed by atoms with Crippen molar-refractivity contribution in [3.05, 3.63) is 71.8 Å². The van der Waals surface area contributed by atoms with Crippen LogP contribution < -0.4 is 0 Å². The van der Waals surface area contributed by atoms with Crippen LogP contribution in [0.25, 0.3) is 0 Å². The van der Waals surface area contributed by atoms with Gasteiger partial charge in [0, 0.05) is 44.6 Å². The molecule has 2 atom stereocenters. The van der Waals surface area contributed by atoms with E-state index in [0.717, 1.165) is 11.1 Å². The van der Waals surface area contributed by atoms with Crippen molar-refractivity contribution in [2.45, 2.75) is 51.3 Å². The summed E-state index contributed by atoms with van der Waals surface area (Å²) >= 11 is 0. The SMILES string of the molecule is CCC(=O)C(=O)N1CCC2(CC1)CN(C(=O)C(c1ccccc1)N(C)Cc1ccccc1)CCC2O. The van der Waals surface area contributed by atoms with Crippen LogP contribution in [0, 0.1) is 5.41 Å². The molecule has 36 heavy (non-hydrogen) atoms. The van der Waals surface area contributed by atoms with Gasteiger partial charge in [-0.1, -0.05) is 67.6 Å². The zero-order valence-electron chi connectivity index (χ0n) is 21.3. The van der Waals surface area contributed by atoms with Crippen molar-refractivity contribution in [2.75, 3.05) is 33.2 Å². The van der Waals surface area contributed by atoms with E-state index in [2.05, 4.69) is 17.0 Å². The highest BCUT2D eigenvalue weighted by Gasteiger charge is 2.47. The Morgan fingerprint density at radius 1 is 0.972 bits per heavy atom. The summed E-state index contributed by atoms with van der Waals surface area (Å²) in [6, 6.07) is 19.5. The highest BCUT2D eigenvalue weighted by Crippen LogP contribution is 2.41. The number of rotatable bonds is 7. The maximum atomic E-state index is 14.1. The van der Waals surface area contributed by atoms with Gasteiger partial charge in [-0.15, -0.1) is 0 Å². The molecule has 0 bridgehead atoms. The molecule has 0 radical (unpaired) electrons. The van der Waals surface area contributed by atoms with Gasteiger partial charge in [-0.25, -0.2) is 0 Å². The molecule has 2 saturated heterocycles. The maximum Gasteiger partial charge on any atom is 0.289 e. The van der Waals surface area contributed by atoms with Crippen LogP contribution in [0.3, 0.4) is 0 Å². The normalized spacial score (nSPS) is 20.4. The molecule has 0 aliphatic carbocycles. The Kier molecular flexibility index (Phi) is 8.21. The zero-order chi connectivity index (χ0) is 25.7. The van der Waals surface area contributed by atoms with Gasteiger partial charge in [-0.3, -0.25) is 19.3 Å². The number of aliphatic hydroxyl groups excluding tert-OH is 1. The Labute approximate surface area is 213 Å². The lowest BCUT2D eigenvalue weighted by molar-refractivity contribution is -0.153. The van der Waals surface area contributed by atoms with Crippen molar-refractivity contribution < 1.29 is 19.5 Å². The van der Waals surface area contributed by atoms with E-state index >= 15 is 0 Å². The van der Waals surface area contributed by atoms with Gasteiger partial charge < -0.3 is 14.9 Å². The van der Waals surface area contributed by atoms with Crippen LogP contribution in [-0.2, 0) is 20.9 Å². The fourth-order valence-corrected chi connectivity index (χ4v) is 5.67. The molecule has 0 aromatic heterocycles. The molecule has 2 aliphatic heterocycles. The van der Waals surface area contributed by atoms with Gasteiger partial charge in [0.2, 0.25) is 11.7 Å². The number of carbonyl (C=O) groups excluding carboxylic acids is 3. The van der Waals surface area contributed by atoms with Crippen molar-refractivity contribution in [3.63, 3.8) is 0 Å². The van der Waals surface area contributed by atoms with E-state index in [0.29, 0.717) is 52.0 Å². The minimum atomic E-state index is -0.530. The molecule has 2 fully saturated rings. The monoisotopic (exact) mass is 491 g/mol. The molecule has 2 heterocycles. The lowest BCUT2D eigenvalue weighted by Gasteiger charge is -2.51. The van der Waals surface area contributed by atoms with E-state index in [4.69, 9.17) is 0 Å². The first-order valence-electron chi connectivity index (χ1n) is 12.9. The van der Waals surface area contributed by atoms with Crippen LogP contribution in [0.4, 0.5) is 0 Å². The molecule has 2 aromatic carbocycles.